The average Bonchev–Trinajstić information content (AvgIpc) is 3.42. The normalized spacial score (nSPS) is 14.7. The lowest BCUT2D eigenvalue weighted by atomic mass is 10.0. The van der Waals surface area contributed by atoms with Crippen LogP contribution in [0, 0.1) is 0 Å². The summed E-state index contributed by atoms with van der Waals surface area (Å²) in [4.78, 5) is 25.6. The van der Waals surface area contributed by atoms with Gasteiger partial charge in [-0.2, -0.15) is 0 Å². The molecule has 0 aromatic carbocycles. The van der Waals surface area contributed by atoms with Crippen molar-refractivity contribution in [3.8, 4) is 0 Å². The highest BCUT2D eigenvalue weighted by molar-refractivity contribution is 7.45. The van der Waals surface area contributed by atoms with E-state index in [1.54, 1.807) is 6.08 Å². The summed E-state index contributed by atoms with van der Waals surface area (Å²) in [6.07, 6.45) is 92.4. The van der Waals surface area contributed by atoms with Crippen LogP contribution < -0.4 is 10.2 Å². The van der Waals surface area contributed by atoms with Crippen LogP contribution in [0.2, 0.25) is 0 Å². The van der Waals surface area contributed by atoms with Crippen LogP contribution in [0.1, 0.15) is 245 Å². The Morgan fingerprint density at radius 2 is 0.775 bits per heavy atom. The monoisotopic (exact) mass is 1130 g/mol. The maximum Gasteiger partial charge on any atom is 0.268 e. The first-order valence-electron chi connectivity index (χ1n) is 32.2. The Balaban J connectivity index is 4.34. The molecule has 3 atom stereocenters. The Bertz CT molecular complexity index is 1810. The number of amides is 1. The van der Waals surface area contributed by atoms with E-state index in [0.29, 0.717) is 23.9 Å². The highest BCUT2D eigenvalue weighted by Gasteiger charge is 2.23. The fourth-order valence-electron chi connectivity index (χ4n) is 8.53. The molecule has 1 amide bonds. The van der Waals surface area contributed by atoms with E-state index >= 15 is 0 Å². The van der Waals surface area contributed by atoms with Crippen LogP contribution in [0.5, 0.6) is 0 Å². The molecule has 0 bridgehead atoms. The average molecular weight is 1130 g/mol. The van der Waals surface area contributed by atoms with Gasteiger partial charge in [-0.1, -0.05) is 269 Å². The quantitative estimate of drug-likeness (QED) is 0.0272. The van der Waals surface area contributed by atoms with E-state index < -0.39 is 26.6 Å². The smallest absolute Gasteiger partial charge is 0.268 e. The van der Waals surface area contributed by atoms with E-state index in [1.165, 1.54) is 116 Å². The number of phosphoric acid groups is 1. The number of unbranched alkanes of at least 4 members (excludes halogenated alkanes) is 22. The van der Waals surface area contributed by atoms with E-state index in [0.717, 1.165) is 96.3 Å². The predicted molar refractivity (Wildman–Crippen MR) is 348 cm³/mol. The summed E-state index contributed by atoms with van der Waals surface area (Å²) in [5.41, 5.74) is 0. The minimum atomic E-state index is -4.64. The van der Waals surface area contributed by atoms with Gasteiger partial charge in [0.2, 0.25) is 5.91 Å². The van der Waals surface area contributed by atoms with Gasteiger partial charge in [0.15, 0.2) is 0 Å². The van der Waals surface area contributed by atoms with Gasteiger partial charge in [0.05, 0.1) is 39.9 Å². The first-order chi connectivity index (χ1) is 39.0. The van der Waals surface area contributed by atoms with Crippen molar-refractivity contribution in [3.05, 3.63) is 146 Å². The van der Waals surface area contributed by atoms with Crippen molar-refractivity contribution in [2.24, 2.45) is 0 Å². The largest absolute Gasteiger partial charge is 0.756 e. The van der Waals surface area contributed by atoms with Crippen molar-refractivity contribution in [2.75, 3.05) is 40.9 Å². The molecule has 0 rings (SSSR count). The Labute approximate surface area is 493 Å². The molecule has 0 saturated carbocycles. The maximum absolute atomic E-state index is 13.0. The minimum absolute atomic E-state index is 0.0243. The third-order valence-electron chi connectivity index (χ3n) is 13.5. The van der Waals surface area contributed by atoms with Gasteiger partial charge in [-0.05, 0) is 116 Å². The van der Waals surface area contributed by atoms with Crippen LogP contribution in [0.25, 0.3) is 0 Å². The van der Waals surface area contributed by atoms with Crippen LogP contribution in [-0.4, -0.2) is 68.5 Å². The number of aliphatic hydroxyl groups is 1. The van der Waals surface area contributed by atoms with Crippen molar-refractivity contribution < 1.29 is 32.9 Å². The highest BCUT2D eigenvalue weighted by atomic mass is 31.2. The van der Waals surface area contributed by atoms with Crippen LogP contribution >= 0.6 is 7.82 Å². The number of nitrogens with one attached hydrogen (secondary N) is 1. The minimum Gasteiger partial charge on any atom is -0.756 e. The third-order valence-corrected chi connectivity index (χ3v) is 14.5. The van der Waals surface area contributed by atoms with Gasteiger partial charge in [0.1, 0.15) is 13.2 Å². The molecule has 9 heteroatoms. The predicted octanol–water partition coefficient (Wildman–Crippen LogP) is 19.8. The molecule has 80 heavy (non-hydrogen) atoms. The fraction of sp³-hybridized carbons (Fsp3) is 0.648. The second-order valence-corrected chi connectivity index (χ2v) is 23.8. The molecule has 0 saturated heterocycles. The van der Waals surface area contributed by atoms with Gasteiger partial charge in [-0.15, -0.1) is 0 Å². The van der Waals surface area contributed by atoms with E-state index in [1.807, 2.05) is 27.2 Å². The maximum atomic E-state index is 13.0. The Kier molecular flexibility index (Phi) is 57.3. The number of hydrogen-bond acceptors (Lipinski definition) is 6. The Morgan fingerprint density at radius 3 is 1.16 bits per heavy atom. The summed E-state index contributed by atoms with van der Waals surface area (Å²) < 4.78 is 23.4. The summed E-state index contributed by atoms with van der Waals surface area (Å²) in [6.45, 7) is 4.48. The van der Waals surface area contributed by atoms with E-state index in [4.69, 9.17) is 9.05 Å². The molecule has 3 unspecified atom stereocenters. The third kappa shape index (κ3) is 62.0. The first-order valence-corrected chi connectivity index (χ1v) is 33.7. The lowest BCUT2D eigenvalue weighted by molar-refractivity contribution is -0.870. The van der Waals surface area contributed by atoms with Crippen molar-refractivity contribution in [3.63, 3.8) is 0 Å². The van der Waals surface area contributed by atoms with Crippen molar-refractivity contribution in [1.29, 1.82) is 0 Å². The van der Waals surface area contributed by atoms with Crippen LogP contribution in [0.15, 0.2) is 146 Å². The molecule has 0 radical (unpaired) electrons. The summed E-state index contributed by atoms with van der Waals surface area (Å²) in [6, 6.07) is -0.941. The van der Waals surface area contributed by atoms with E-state index in [-0.39, 0.29) is 18.9 Å². The summed E-state index contributed by atoms with van der Waals surface area (Å²) >= 11 is 0. The molecule has 0 aliphatic rings. The zero-order valence-corrected chi connectivity index (χ0v) is 52.9. The highest BCUT2D eigenvalue weighted by Crippen LogP contribution is 2.38. The number of nitrogens with zero attached hydrogens (tertiary/aromatic N) is 1. The van der Waals surface area contributed by atoms with Gasteiger partial charge in [0, 0.05) is 6.42 Å². The number of carbonyl (C=O) groups is 1. The molecule has 456 valence electrons. The molecular weight excluding hydrogens is 1010 g/mol. The molecule has 2 N–H and O–H groups in total. The number of hydrogen-bond donors (Lipinski definition) is 2. The van der Waals surface area contributed by atoms with Crippen LogP contribution in [0.3, 0.4) is 0 Å². The van der Waals surface area contributed by atoms with Crippen LogP contribution in [0.4, 0.5) is 0 Å². The molecular formula is C71H121N2O6P. The van der Waals surface area contributed by atoms with Gasteiger partial charge in [-0.25, -0.2) is 0 Å². The Morgan fingerprint density at radius 1 is 0.450 bits per heavy atom. The molecule has 8 nitrogen and oxygen atoms in total. The molecule has 0 spiro atoms. The van der Waals surface area contributed by atoms with E-state index in [9.17, 15) is 19.4 Å². The van der Waals surface area contributed by atoms with Gasteiger partial charge in [-0.3, -0.25) is 9.36 Å². The summed E-state index contributed by atoms with van der Waals surface area (Å²) in [7, 11) is 1.19. The number of quaternary nitrogens is 1. The summed E-state index contributed by atoms with van der Waals surface area (Å²) in [5, 5.41) is 13.9. The number of likely N-dealkylation sites (N-methyl/N-ethyl adjacent to an activating group) is 1. The topological polar surface area (TPSA) is 108 Å². The van der Waals surface area contributed by atoms with Gasteiger partial charge < -0.3 is 28.8 Å². The van der Waals surface area contributed by atoms with Gasteiger partial charge in [0.25, 0.3) is 7.82 Å². The lowest BCUT2D eigenvalue weighted by Crippen LogP contribution is -2.45. The second kappa shape index (κ2) is 60.0. The molecule has 0 aromatic rings. The standard InChI is InChI=1S/C71H121N2O6P/c1-6-8-10-12-14-16-18-20-22-24-26-28-30-32-34-35-36-37-39-41-43-45-47-49-51-53-55-57-59-61-63-65-71(75)72-69(68-79-80(76,77)78-67-66-73(3,4)5)70(74)64-62-60-58-56-54-52-50-48-46-44-42-40-38-33-31-29-27-25-23-21-19-17-15-13-11-9-7-2/h8,10,14,16,20,22,26,28,32,34,36-37,41,43,46-49,53-56,62,64,69-70,74H,6-7,9,11-13,15,17-19,21,23-25,27,29-31,33,35,38-40,42,44-45,50-52,57-61,63,65-68H2,1-5H3,(H-,72,75,76,77)/b10-8-,16-14-,22-20-,28-26-,34-32-,37-36-,43-41-,48-46+,49-47-,55-53-,56-54+,64-62+. The zero-order valence-electron chi connectivity index (χ0n) is 52.0. The number of rotatable bonds is 57. The van der Waals surface area contributed by atoms with E-state index in [2.05, 4.69) is 153 Å². The second-order valence-electron chi connectivity index (χ2n) is 22.4. The SMILES string of the molecule is CC/C=C\C/C=C\C/C=C\C/C=C\C/C=C\C/C=C\C/C=C\C/C=C\C/C=C\CCCCCC(=O)NC(COP(=O)([O-])OCC[N+](C)(C)C)C(O)/C=C/CC/C=C/CC/C=C/CCCCCCCCCCCCCCCCCCC. The number of phosphoric ester groups is 1. The van der Waals surface area contributed by atoms with Crippen molar-refractivity contribution >= 4 is 13.7 Å². The molecule has 0 aliphatic heterocycles. The molecule has 0 heterocycles. The van der Waals surface area contributed by atoms with Crippen LogP contribution in [-0.2, 0) is 18.4 Å². The first kappa shape index (κ1) is 76.4. The number of allylic oxidation sites excluding steroid dienone is 23. The number of aliphatic hydroxyl groups excluding tert-OH is 1. The molecule has 0 fully saturated rings. The lowest BCUT2D eigenvalue weighted by Gasteiger charge is -2.29. The van der Waals surface area contributed by atoms with Crippen molar-refractivity contribution in [2.45, 2.75) is 257 Å². The van der Waals surface area contributed by atoms with Gasteiger partial charge >= 0.3 is 0 Å². The van der Waals surface area contributed by atoms with Crippen molar-refractivity contribution in [1.82, 2.24) is 5.32 Å². The summed E-state index contributed by atoms with van der Waals surface area (Å²) in [5.74, 6) is -0.248. The zero-order chi connectivity index (χ0) is 58.4. The molecule has 0 aliphatic carbocycles. The molecule has 0 aromatic heterocycles. The Hall–Kier alpha value is -3.62. The fourth-order valence-corrected chi connectivity index (χ4v) is 9.25. The number of carbonyl (C=O) groups excluding carboxylic acids is 1.